The second-order valence-corrected chi connectivity index (χ2v) is 3.26. The molecule has 0 fully saturated rings. The van der Waals surface area contributed by atoms with E-state index in [2.05, 4.69) is 4.99 Å². The zero-order valence-corrected chi connectivity index (χ0v) is 7.73. The molecule has 0 bridgehead atoms. The van der Waals surface area contributed by atoms with Crippen LogP contribution in [0.3, 0.4) is 0 Å². The molecule has 1 amide bonds. The molecule has 0 radical (unpaired) electrons. The molecule has 1 aliphatic rings. The van der Waals surface area contributed by atoms with Gasteiger partial charge in [-0.1, -0.05) is 24.3 Å². The summed E-state index contributed by atoms with van der Waals surface area (Å²) in [6.07, 6.45) is 1.67. The average Bonchev–Trinajstić information content (AvgIpc) is 2.16. The summed E-state index contributed by atoms with van der Waals surface area (Å²) in [5.74, 6) is -1.21. The minimum absolute atomic E-state index is 0.159. The largest absolute Gasteiger partial charge is 0.299 e. The van der Waals surface area contributed by atoms with E-state index < -0.39 is 5.92 Å². The van der Waals surface area contributed by atoms with E-state index in [1.165, 1.54) is 6.92 Å². The van der Waals surface area contributed by atoms with E-state index in [9.17, 15) is 9.59 Å². The van der Waals surface area contributed by atoms with Gasteiger partial charge in [0.25, 0.3) is 5.91 Å². The van der Waals surface area contributed by atoms with Crippen LogP contribution >= 0.6 is 0 Å². The summed E-state index contributed by atoms with van der Waals surface area (Å²) in [7, 11) is 0. The predicted octanol–water partition coefficient (Wildman–Crippen LogP) is -0.168. The van der Waals surface area contributed by atoms with E-state index in [1.54, 1.807) is 12.1 Å². The minimum Gasteiger partial charge on any atom is -0.299 e. The fourth-order valence-corrected chi connectivity index (χ4v) is 1.46. The highest BCUT2D eigenvalue weighted by Gasteiger charge is 2.21. The second-order valence-electron chi connectivity index (χ2n) is 3.26. The molecule has 1 unspecified atom stereocenters. The quantitative estimate of drug-likeness (QED) is 0.573. The Morgan fingerprint density at radius 2 is 2.07 bits per heavy atom. The molecule has 2 rings (SSSR count). The summed E-state index contributed by atoms with van der Waals surface area (Å²) in [5.41, 5.74) is 0. The van der Waals surface area contributed by atoms with Crippen molar-refractivity contribution in [3.63, 3.8) is 0 Å². The first-order valence-electron chi connectivity index (χ1n) is 4.38. The van der Waals surface area contributed by atoms with Gasteiger partial charge >= 0.3 is 0 Å². The lowest BCUT2D eigenvalue weighted by Crippen LogP contribution is -2.35. The summed E-state index contributed by atoms with van der Waals surface area (Å²) in [6.45, 7) is 1.41. The molecule has 0 aliphatic carbocycles. The number of fused-ring (bicyclic) bond motifs is 1. The Morgan fingerprint density at radius 3 is 2.79 bits per heavy atom. The van der Waals surface area contributed by atoms with E-state index in [-0.39, 0.29) is 11.7 Å². The molecule has 0 N–H and O–H groups in total. The van der Waals surface area contributed by atoms with Crippen molar-refractivity contribution in [2.45, 2.75) is 6.92 Å². The number of Topliss-reactive ketones (excluding diaryl/α,β-unsaturated/α-hetero) is 1. The molecule has 1 atom stereocenters. The van der Waals surface area contributed by atoms with E-state index in [0.29, 0.717) is 5.36 Å². The maximum absolute atomic E-state index is 11.4. The smallest absolute Gasteiger partial charge is 0.260 e. The number of para-hydroxylation sites is 1. The van der Waals surface area contributed by atoms with Crippen LogP contribution in [0.1, 0.15) is 6.92 Å². The fraction of sp³-hybridized carbons (Fsp3) is 0.182. The lowest BCUT2D eigenvalue weighted by molar-refractivity contribution is -0.128. The molecule has 0 saturated carbocycles. The van der Waals surface area contributed by atoms with Crippen molar-refractivity contribution in [1.29, 1.82) is 0 Å². The van der Waals surface area contributed by atoms with Crippen LogP contribution < -0.4 is 10.6 Å². The van der Waals surface area contributed by atoms with Crippen LogP contribution in [0.25, 0.3) is 6.08 Å². The number of rotatable bonds is 1. The van der Waals surface area contributed by atoms with Crippen molar-refractivity contribution in [2.75, 3.05) is 0 Å². The Balaban J connectivity index is 2.67. The molecule has 1 heterocycles. The molecular weight excluding hydrogens is 178 g/mol. The Labute approximate surface area is 80.8 Å². The highest BCUT2D eigenvalue weighted by atomic mass is 16.2. The Bertz CT molecular complexity index is 516. The molecular formula is C11H9NO2. The minimum atomic E-state index is -0.690. The number of benzene rings is 1. The third kappa shape index (κ3) is 1.37. The summed E-state index contributed by atoms with van der Waals surface area (Å²) < 4.78 is 0. The highest BCUT2D eigenvalue weighted by molar-refractivity contribution is 6.06. The number of carbonyl (C=O) groups excluding carboxylic acids is 2. The van der Waals surface area contributed by atoms with Crippen LogP contribution in [0.5, 0.6) is 0 Å². The van der Waals surface area contributed by atoms with Gasteiger partial charge in [0, 0.05) is 0 Å². The first kappa shape index (κ1) is 8.81. The van der Waals surface area contributed by atoms with Gasteiger partial charge in [-0.05, 0) is 18.2 Å². The third-order valence-corrected chi connectivity index (χ3v) is 2.22. The molecule has 70 valence electrons. The molecule has 1 aliphatic heterocycles. The zero-order chi connectivity index (χ0) is 10.1. The lowest BCUT2D eigenvalue weighted by atomic mass is 10.0. The van der Waals surface area contributed by atoms with Gasteiger partial charge in [-0.25, -0.2) is 4.99 Å². The van der Waals surface area contributed by atoms with Gasteiger partial charge in [-0.15, -0.1) is 0 Å². The van der Waals surface area contributed by atoms with Crippen molar-refractivity contribution < 1.29 is 9.59 Å². The number of amides is 1. The number of carbonyl (C=O) groups is 2. The first-order valence-corrected chi connectivity index (χ1v) is 4.38. The van der Waals surface area contributed by atoms with Crippen molar-refractivity contribution in [1.82, 2.24) is 0 Å². The van der Waals surface area contributed by atoms with E-state index >= 15 is 0 Å². The van der Waals surface area contributed by atoms with E-state index in [1.807, 2.05) is 18.2 Å². The van der Waals surface area contributed by atoms with Crippen molar-refractivity contribution in [3.05, 3.63) is 34.8 Å². The molecule has 1 aromatic carbocycles. The monoisotopic (exact) mass is 187 g/mol. The fourth-order valence-electron chi connectivity index (χ4n) is 1.46. The second kappa shape index (κ2) is 3.18. The molecule has 3 nitrogen and oxygen atoms in total. The Kier molecular flexibility index (Phi) is 2.00. The summed E-state index contributed by atoms with van der Waals surface area (Å²) in [6, 6.07) is 7.29. The van der Waals surface area contributed by atoms with Gasteiger partial charge in [0.1, 0.15) is 11.7 Å². The number of hydrogen-bond acceptors (Lipinski definition) is 2. The van der Waals surface area contributed by atoms with E-state index in [0.717, 1.165) is 5.22 Å². The molecule has 14 heavy (non-hydrogen) atoms. The average molecular weight is 187 g/mol. The third-order valence-electron chi connectivity index (χ3n) is 2.22. The zero-order valence-electron chi connectivity index (χ0n) is 7.73. The van der Waals surface area contributed by atoms with Crippen molar-refractivity contribution in [3.8, 4) is 0 Å². The summed E-state index contributed by atoms with van der Waals surface area (Å²) >= 11 is 0. The van der Waals surface area contributed by atoms with Gasteiger partial charge in [-0.3, -0.25) is 9.59 Å². The molecule has 0 saturated heterocycles. The maximum Gasteiger partial charge on any atom is 0.260 e. The van der Waals surface area contributed by atoms with E-state index in [4.69, 9.17) is 0 Å². The molecule has 0 aromatic heterocycles. The van der Waals surface area contributed by atoms with Crippen LogP contribution in [0.4, 0.5) is 0 Å². The lowest BCUT2D eigenvalue weighted by Gasteiger charge is -2.07. The topological polar surface area (TPSA) is 46.5 Å². The van der Waals surface area contributed by atoms with Gasteiger partial charge < -0.3 is 0 Å². The Morgan fingerprint density at radius 1 is 1.36 bits per heavy atom. The normalized spacial score (nSPS) is 19.2. The molecule has 1 aromatic rings. The standard InChI is InChI=1S/C11H9NO2/c1-7(13)9-6-8-4-2-3-5-10(8)12-11(9)14/h2-6,9H,1H3. The SMILES string of the molecule is CC(=O)C1C=c2ccccc2=NC1=O. The van der Waals surface area contributed by atoms with Crippen LogP contribution in [0.15, 0.2) is 29.3 Å². The summed E-state index contributed by atoms with van der Waals surface area (Å²) in [4.78, 5) is 26.3. The van der Waals surface area contributed by atoms with Crippen LogP contribution in [-0.2, 0) is 9.59 Å². The van der Waals surface area contributed by atoms with Gasteiger partial charge in [0.15, 0.2) is 0 Å². The number of nitrogens with zero attached hydrogens (tertiary/aromatic N) is 1. The maximum atomic E-state index is 11.4. The molecule has 0 spiro atoms. The van der Waals surface area contributed by atoms with Crippen molar-refractivity contribution >= 4 is 17.8 Å². The molecule has 3 heteroatoms. The number of ketones is 1. The summed E-state index contributed by atoms with van der Waals surface area (Å²) in [5, 5.41) is 1.50. The van der Waals surface area contributed by atoms with Gasteiger partial charge in [0.05, 0.1) is 5.36 Å². The first-order chi connectivity index (χ1) is 6.68. The van der Waals surface area contributed by atoms with Crippen LogP contribution in [-0.4, -0.2) is 11.7 Å². The predicted molar refractivity (Wildman–Crippen MR) is 50.9 cm³/mol. The Hall–Kier alpha value is -1.77. The van der Waals surface area contributed by atoms with Crippen LogP contribution in [0.2, 0.25) is 0 Å². The van der Waals surface area contributed by atoms with Gasteiger partial charge in [-0.2, -0.15) is 0 Å². The number of hydrogen-bond donors (Lipinski definition) is 0. The van der Waals surface area contributed by atoms with Crippen molar-refractivity contribution in [2.24, 2.45) is 10.9 Å². The van der Waals surface area contributed by atoms with Gasteiger partial charge in [0.2, 0.25) is 0 Å². The highest BCUT2D eigenvalue weighted by Crippen LogP contribution is 2.04. The van der Waals surface area contributed by atoms with Crippen LogP contribution in [0, 0.1) is 5.92 Å².